The quantitative estimate of drug-likeness (QED) is 0.492. The van der Waals surface area contributed by atoms with Crippen molar-refractivity contribution < 1.29 is 8.91 Å². The van der Waals surface area contributed by atoms with Crippen LogP contribution in [0.1, 0.15) is 31.5 Å². The zero-order chi connectivity index (χ0) is 21.4. The topological polar surface area (TPSA) is 81.5 Å². The zero-order valence-electron chi connectivity index (χ0n) is 17.2. The normalized spacial score (nSPS) is 17.4. The number of halogens is 1. The molecule has 0 spiro atoms. The largest absolute Gasteiger partial charge is 0.338 e. The number of nitrogens with zero attached hydrogens (tertiary/aromatic N) is 6. The van der Waals surface area contributed by atoms with Crippen LogP contribution in [0.4, 0.5) is 4.39 Å². The van der Waals surface area contributed by atoms with Crippen molar-refractivity contribution in [3.63, 3.8) is 0 Å². The summed E-state index contributed by atoms with van der Waals surface area (Å²) in [5, 5.41) is 8.47. The maximum absolute atomic E-state index is 13.2. The smallest absolute Gasteiger partial charge is 0.277 e. The Morgan fingerprint density at radius 1 is 1.19 bits per heavy atom. The molecule has 1 saturated heterocycles. The fourth-order valence-electron chi connectivity index (χ4n) is 4.11. The van der Waals surface area contributed by atoms with Gasteiger partial charge in [-0.15, -0.1) is 0 Å². The highest BCUT2D eigenvalue weighted by Crippen LogP contribution is 2.19. The van der Waals surface area contributed by atoms with Gasteiger partial charge in [0.1, 0.15) is 11.3 Å². The zero-order valence-corrected chi connectivity index (χ0v) is 17.2. The van der Waals surface area contributed by atoms with Crippen molar-refractivity contribution in [2.75, 3.05) is 13.1 Å². The van der Waals surface area contributed by atoms with Gasteiger partial charge in [0.25, 0.3) is 5.56 Å². The average molecular weight is 422 g/mol. The van der Waals surface area contributed by atoms with E-state index in [2.05, 4.69) is 27.1 Å². The van der Waals surface area contributed by atoms with E-state index >= 15 is 0 Å². The molecule has 0 unspecified atom stereocenters. The molecule has 9 heteroatoms. The molecule has 8 nitrogen and oxygen atoms in total. The van der Waals surface area contributed by atoms with Crippen LogP contribution < -0.4 is 5.56 Å². The maximum atomic E-state index is 13.2. The Bertz CT molecular complexity index is 1260. The summed E-state index contributed by atoms with van der Waals surface area (Å²) < 4.78 is 21.6. The summed E-state index contributed by atoms with van der Waals surface area (Å²) >= 11 is 0. The third kappa shape index (κ3) is 4.13. The molecule has 5 rings (SSSR count). The number of hydrogen-bond donors (Lipinski definition) is 0. The van der Waals surface area contributed by atoms with Crippen molar-refractivity contribution in [2.45, 2.75) is 32.9 Å². The molecule has 0 bridgehead atoms. The van der Waals surface area contributed by atoms with Crippen molar-refractivity contribution in [3.05, 3.63) is 70.6 Å². The van der Waals surface area contributed by atoms with E-state index in [0.29, 0.717) is 35.4 Å². The third-order valence-electron chi connectivity index (χ3n) is 5.67. The van der Waals surface area contributed by atoms with Gasteiger partial charge in [-0.25, -0.2) is 8.91 Å². The van der Waals surface area contributed by atoms with Crippen molar-refractivity contribution in [3.8, 4) is 11.3 Å². The minimum Gasteiger partial charge on any atom is -0.338 e. The van der Waals surface area contributed by atoms with E-state index in [1.54, 1.807) is 30.6 Å². The molecule has 4 heterocycles. The summed E-state index contributed by atoms with van der Waals surface area (Å²) in [6, 6.07) is 7.72. The molecule has 0 amide bonds. The highest BCUT2D eigenvalue weighted by molar-refractivity contribution is 5.65. The minimum atomic E-state index is -0.316. The lowest BCUT2D eigenvalue weighted by Crippen LogP contribution is -2.33. The van der Waals surface area contributed by atoms with Crippen LogP contribution in [0, 0.1) is 11.7 Å². The van der Waals surface area contributed by atoms with E-state index in [1.165, 1.54) is 34.1 Å². The summed E-state index contributed by atoms with van der Waals surface area (Å²) in [6.45, 7) is 5.17. The van der Waals surface area contributed by atoms with E-state index < -0.39 is 0 Å². The Morgan fingerprint density at radius 3 is 2.84 bits per heavy atom. The number of aromatic nitrogens is 5. The fourth-order valence-corrected chi connectivity index (χ4v) is 4.11. The van der Waals surface area contributed by atoms with Gasteiger partial charge in [-0.05, 0) is 55.6 Å². The predicted octanol–water partition coefficient (Wildman–Crippen LogP) is 2.97. The van der Waals surface area contributed by atoms with Crippen LogP contribution in [0.2, 0.25) is 0 Å². The molecule has 0 N–H and O–H groups in total. The van der Waals surface area contributed by atoms with E-state index in [4.69, 9.17) is 4.52 Å². The molecule has 1 fully saturated rings. The van der Waals surface area contributed by atoms with Gasteiger partial charge in [-0.1, -0.05) is 12.1 Å². The van der Waals surface area contributed by atoms with Gasteiger partial charge >= 0.3 is 0 Å². The SMILES string of the molecule is C[C@@H]1CCCN(Cc2nc(Cn3ccn4nc(-c5ccc(F)cc5)cc4c3=O)no2)C1. The molecule has 4 aromatic rings. The predicted molar refractivity (Wildman–Crippen MR) is 112 cm³/mol. The molecule has 1 atom stereocenters. The van der Waals surface area contributed by atoms with Crippen LogP contribution in [0.5, 0.6) is 0 Å². The number of fused-ring (bicyclic) bond motifs is 1. The fraction of sp³-hybridized carbons (Fsp3) is 0.364. The van der Waals surface area contributed by atoms with Crippen molar-refractivity contribution in [2.24, 2.45) is 5.92 Å². The monoisotopic (exact) mass is 422 g/mol. The van der Waals surface area contributed by atoms with E-state index in [1.807, 2.05) is 0 Å². The Morgan fingerprint density at radius 2 is 2.03 bits per heavy atom. The Labute approximate surface area is 177 Å². The first-order chi connectivity index (χ1) is 15.0. The number of benzene rings is 1. The van der Waals surface area contributed by atoms with Crippen LogP contribution in [-0.4, -0.2) is 42.3 Å². The number of rotatable bonds is 5. The van der Waals surface area contributed by atoms with E-state index in [9.17, 15) is 9.18 Å². The average Bonchev–Trinajstić information content (AvgIpc) is 3.38. The van der Waals surface area contributed by atoms with Gasteiger partial charge in [-0.3, -0.25) is 9.69 Å². The van der Waals surface area contributed by atoms with Gasteiger partial charge in [-0.2, -0.15) is 10.1 Å². The summed E-state index contributed by atoms with van der Waals surface area (Å²) in [4.78, 5) is 19.7. The van der Waals surface area contributed by atoms with Crippen molar-refractivity contribution >= 4 is 5.52 Å². The van der Waals surface area contributed by atoms with Gasteiger partial charge in [0.2, 0.25) is 5.89 Å². The Balaban J connectivity index is 1.35. The summed E-state index contributed by atoms with van der Waals surface area (Å²) in [5.74, 6) is 1.40. The molecular weight excluding hydrogens is 399 g/mol. The Hall–Kier alpha value is -3.33. The second-order valence-corrected chi connectivity index (χ2v) is 8.18. The van der Waals surface area contributed by atoms with Crippen molar-refractivity contribution in [1.29, 1.82) is 0 Å². The Kier molecular flexibility index (Phi) is 5.11. The minimum absolute atomic E-state index is 0.209. The van der Waals surface area contributed by atoms with Gasteiger partial charge in [0.15, 0.2) is 5.82 Å². The molecule has 1 aliphatic heterocycles. The highest BCUT2D eigenvalue weighted by Gasteiger charge is 2.19. The summed E-state index contributed by atoms with van der Waals surface area (Å²) in [6.07, 6.45) is 5.80. The van der Waals surface area contributed by atoms with Crippen LogP contribution in [-0.2, 0) is 13.1 Å². The number of piperidine rings is 1. The van der Waals surface area contributed by atoms with Crippen molar-refractivity contribution in [1.82, 2.24) is 29.2 Å². The van der Waals surface area contributed by atoms with Gasteiger partial charge in [0.05, 0.1) is 18.8 Å². The number of hydrogen-bond acceptors (Lipinski definition) is 6. The van der Waals surface area contributed by atoms with Crippen LogP contribution >= 0.6 is 0 Å². The molecule has 31 heavy (non-hydrogen) atoms. The molecular formula is C22H23FN6O2. The lowest BCUT2D eigenvalue weighted by molar-refractivity contribution is 0.157. The van der Waals surface area contributed by atoms with Gasteiger partial charge in [0, 0.05) is 24.5 Å². The van der Waals surface area contributed by atoms with Crippen LogP contribution in [0.3, 0.4) is 0 Å². The lowest BCUT2D eigenvalue weighted by atomic mass is 10.0. The molecule has 0 aliphatic carbocycles. The second-order valence-electron chi connectivity index (χ2n) is 8.18. The number of likely N-dealkylation sites (tertiary alicyclic amines) is 1. The standard InChI is InChI=1S/C22H23FN6O2/c1-15-3-2-8-27(12-15)14-21-24-20(26-31-21)13-28-9-10-29-19(22(28)30)11-18(25-29)16-4-6-17(23)7-5-16/h4-7,9-11,15H,2-3,8,12-14H2,1H3/t15-/m1/s1. The van der Waals surface area contributed by atoms with E-state index in [-0.39, 0.29) is 17.9 Å². The van der Waals surface area contributed by atoms with E-state index in [0.717, 1.165) is 18.7 Å². The second kappa shape index (κ2) is 8.07. The highest BCUT2D eigenvalue weighted by atomic mass is 19.1. The molecule has 0 saturated carbocycles. The first-order valence-corrected chi connectivity index (χ1v) is 10.4. The van der Waals surface area contributed by atoms with Gasteiger partial charge < -0.3 is 9.09 Å². The molecule has 160 valence electrons. The lowest BCUT2D eigenvalue weighted by Gasteiger charge is -2.29. The van der Waals surface area contributed by atoms with Crippen LogP contribution in [0.25, 0.3) is 16.8 Å². The molecule has 1 aromatic carbocycles. The molecule has 3 aromatic heterocycles. The van der Waals surface area contributed by atoms with Crippen LogP contribution in [0.15, 0.2) is 52.0 Å². The first kappa shape index (κ1) is 19.6. The maximum Gasteiger partial charge on any atom is 0.277 e. The third-order valence-corrected chi connectivity index (χ3v) is 5.67. The summed E-state index contributed by atoms with van der Waals surface area (Å²) in [5.41, 5.74) is 1.56. The summed E-state index contributed by atoms with van der Waals surface area (Å²) in [7, 11) is 0. The molecule has 0 radical (unpaired) electrons. The molecule has 1 aliphatic rings. The first-order valence-electron chi connectivity index (χ1n) is 10.4.